The van der Waals surface area contributed by atoms with Crippen LogP contribution in [0.5, 0.6) is 0 Å². The van der Waals surface area contributed by atoms with Crippen LogP contribution in [0.15, 0.2) is 30.3 Å². The van der Waals surface area contributed by atoms with E-state index in [0.717, 1.165) is 38.2 Å². The molecule has 5 nitrogen and oxygen atoms in total. The Hall–Kier alpha value is -1.89. The van der Waals surface area contributed by atoms with Gasteiger partial charge in [-0.15, -0.1) is 0 Å². The van der Waals surface area contributed by atoms with Gasteiger partial charge in [0.2, 0.25) is 0 Å². The van der Waals surface area contributed by atoms with Gasteiger partial charge in [0.15, 0.2) is 5.11 Å². The second kappa shape index (κ2) is 11.7. The van der Waals surface area contributed by atoms with E-state index in [1.165, 1.54) is 54.7 Å². The third kappa shape index (κ3) is 6.79. The largest absolute Gasteiger partial charge is 0.375 e. The molecule has 170 valence electrons. The van der Waals surface area contributed by atoms with E-state index in [-0.39, 0.29) is 0 Å². The van der Waals surface area contributed by atoms with Gasteiger partial charge in [0.1, 0.15) is 0 Å². The van der Waals surface area contributed by atoms with Crippen molar-refractivity contribution in [3.8, 4) is 0 Å². The van der Waals surface area contributed by atoms with Crippen LogP contribution in [0.4, 0.5) is 11.4 Å². The number of fused-ring (bicyclic) bond motifs is 1. The van der Waals surface area contributed by atoms with Crippen LogP contribution in [-0.2, 0) is 0 Å². The lowest BCUT2D eigenvalue weighted by molar-refractivity contribution is 0.136. The molecule has 1 aliphatic heterocycles. The van der Waals surface area contributed by atoms with Crippen LogP contribution in [0, 0.1) is 6.92 Å². The van der Waals surface area contributed by atoms with Crippen molar-refractivity contribution in [3.05, 3.63) is 35.9 Å². The molecular formula is C25H39N5S. The molecule has 0 aliphatic carbocycles. The number of piperazine rings is 1. The zero-order valence-electron chi connectivity index (χ0n) is 19.7. The fourth-order valence-corrected chi connectivity index (χ4v) is 4.52. The van der Waals surface area contributed by atoms with Crippen molar-refractivity contribution in [2.75, 3.05) is 69.6 Å². The molecule has 2 N–H and O–H groups in total. The second-order valence-corrected chi connectivity index (χ2v) is 9.04. The van der Waals surface area contributed by atoms with E-state index in [0.29, 0.717) is 5.11 Å². The first-order valence-electron chi connectivity index (χ1n) is 11.7. The van der Waals surface area contributed by atoms with Gasteiger partial charge in [-0.3, -0.25) is 0 Å². The summed E-state index contributed by atoms with van der Waals surface area (Å²) in [5.74, 6) is 0. The fourth-order valence-electron chi connectivity index (χ4n) is 4.30. The van der Waals surface area contributed by atoms with Gasteiger partial charge in [-0.2, -0.15) is 0 Å². The summed E-state index contributed by atoms with van der Waals surface area (Å²) in [5.41, 5.74) is 3.61. The number of hydrogen-bond donors (Lipinski definition) is 2. The molecule has 1 aliphatic rings. The van der Waals surface area contributed by atoms with E-state index < -0.39 is 0 Å². The number of rotatable bonds is 9. The lowest BCUT2D eigenvalue weighted by Gasteiger charge is -2.34. The van der Waals surface area contributed by atoms with E-state index >= 15 is 0 Å². The summed E-state index contributed by atoms with van der Waals surface area (Å²) >= 11 is 5.53. The Kier molecular flexibility index (Phi) is 8.93. The molecule has 0 saturated carbocycles. The molecule has 0 amide bonds. The van der Waals surface area contributed by atoms with Gasteiger partial charge in [-0.05, 0) is 85.7 Å². The van der Waals surface area contributed by atoms with Crippen molar-refractivity contribution in [1.29, 1.82) is 0 Å². The third-order valence-electron chi connectivity index (χ3n) is 6.25. The molecule has 0 bridgehead atoms. The third-order valence-corrected chi connectivity index (χ3v) is 6.50. The van der Waals surface area contributed by atoms with Crippen molar-refractivity contribution in [3.63, 3.8) is 0 Å². The molecule has 1 saturated heterocycles. The second-order valence-electron chi connectivity index (χ2n) is 8.63. The molecule has 6 heteroatoms. The predicted molar refractivity (Wildman–Crippen MR) is 140 cm³/mol. The smallest absolute Gasteiger partial charge is 0.170 e. The first-order chi connectivity index (χ1) is 15.0. The first kappa shape index (κ1) is 23.8. The molecule has 1 fully saturated rings. The van der Waals surface area contributed by atoms with Crippen LogP contribution < -0.4 is 15.5 Å². The van der Waals surface area contributed by atoms with Crippen LogP contribution in [0.3, 0.4) is 0 Å². The molecule has 3 rings (SSSR count). The van der Waals surface area contributed by atoms with Crippen molar-refractivity contribution < 1.29 is 0 Å². The minimum atomic E-state index is 0.701. The van der Waals surface area contributed by atoms with Crippen LogP contribution in [0.1, 0.15) is 32.3 Å². The van der Waals surface area contributed by atoms with Gasteiger partial charge < -0.3 is 25.3 Å². The van der Waals surface area contributed by atoms with E-state index in [1.807, 2.05) is 0 Å². The maximum Gasteiger partial charge on any atom is 0.170 e. The van der Waals surface area contributed by atoms with Crippen molar-refractivity contribution in [2.45, 2.75) is 33.6 Å². The maximum atomic E-state index is 5.53. The molecule has 2 aromatic rings. The molecule has 0 aromatic heterocycles. The summed E-state index contributed by atoms with van der Waals surface area (Å²) < 4.78 is 0. The lowest BCUT2D eigenvalue weighted by Crippen LogP contribution is -2.46. The maximum absolute atomic E-state index is 5.53. The number of aryl methyl sites for hydroxylation is 1. The van der Waals surface area contributed by atoms with Crippen LogP contribution in [0.25, 0.3) is 10.8 Å². The number of nitrogens with zero attached hydrogens (tertiary/aromatic N) is 3. The standard InChI is InChI=1S/C25H39N5S/c1-5-11-28(4)23-17-20(3)24-19-22(9-8-21(24)18-23)27-25(31)26-10-7-12-30-15-13-29(6-2)14-16-30/h8-9,17-19H,5-7,10-16H2,1-4H3,(H2,26,27,31). The Bertz CT molecular complexity index is 860. The molecule has 0 radical (unpaired) electrons. The SMILES string of the molecule is CCCN(C)c1cc(C)c2cc(NC(=S)NCCCN3CCN(CC)CC3)ccc2c1. The van der Waals surface area contributed by atoms with E-state index in [4.69, 9.17) is 12.2 Å². The normalized spacial score (nSPS) is 15.2. The summed E-state index contributed by atoms with van der Waals surface area (Å²) in [4.78, 5) is 7.40. The quantitative estimate of drug-likeness (QED) is 0.446. The fraction of sp³-hybridized carbons (Fsp3) is 0.560. The molecule has 0 atom stereocenters. The van der Waals surface area contributed by atoms with Gasteiger partial charge in [-0.1, -0.05) is 19.9 Å². The summed E-state index contributed by atoms with van der Waals surface area (Å²) in [5, 5.41) is 9.97. The Labute approximate surface area is 193 Å². The number of nitrogens with one attached hydrogen (secondary N) is 2. The highest BCUT2D eigenvalue weighted by Gasteiger charge is 2.14. The number of benzene rings is 2. The molecule has 1 heterocycles. The number of thiocarbonyl (C=S) groups is 1. The molecule has 2 aromatic carbocycles. The van der Waals surface area contributed by atoms with Crippen molar-refractivity contribution in [1.82, 2.24) is 15.1 Å². The van der Waals surface area contributed by atoms with Gasteiger partial charge in [0.25, 0.3) is 0 Å². The average Bonchev–Trinajstić information content (AvgIpc) is 2.77. The molecular weight excluding hydrogens is 402 g/mol. The van der Waals surface area contributed by atoms with E-state index in [9.17, 15) is 0 Å². The lowest BCUT2D eigenvalue weighted by atomic mass is 10.0. The Balaban J connectivity index is 1.48. The summed E-state index contributed by atoms with van der Waals surface area (Å²) in [6.07, 6.45) is 2.26. The van der Waals surface area contributed by atoms with Crippen molar-refractivity contribution in [2.24, 2.45) is 0 Å². The highest BCUT2D eigenvalue weighted by Crippen LogP contribution is 2.28. The number of anilines is 2. The van der Waals surface area contributed by atoms with Gasteiger partial charge in [0, 0.05) is 57.7 Å². The van der Waals surface area contributed by atoms with E-state index in [1.54, 1.807) is 0 Å². The Morgan fingerprint density at radius 1 is 1.06 bits per heavy atom. The van der Waals surface area contributed by atoms with Gasteiger partial charge in [0.05, 0.1) is 0 Å². The minimum Gasteiger partial charge on any atom is -0.375 e. The molecule has 0 spiro atoms. The predicted octanol–water partition coefficient (Wildman–Crippen LogP) is 4.31. The summed E-state index contributed by atoms with van der Waals surface area (Å²) in [6.45, 7) is 15.7. The van der Waals surface area contributed by atoms with Gasteiger partial charge >= 0.3 is 0 Å². The Morgan fingerprint density at radius 2 is 1.81 bits per heavy atom. The topological polar surface area (TPSA) is 33.8 Å². The first-order valence-corrected chi connectivity index (χ1v) is 12.2. The minimum absolute atomic E-state index is 0.701. The van der Waals surface area contributed by atoms with Crippen LogP contribution >= 0.6 is 12.2 Å². The zero-order chi connectivity index (χ0) is 22.2. The number of likely N-dealkylation sites (N-methyl/N-ethyl adjacent to an activating group) is 1. The zero-order valence-corrected chi connectivity index (χ0v) is 20.5. The average molecular weight is 442 g/mol. The monoisotopic (exact) mass is 441 g/mol. The summed E-state index contributed by atoms with van der Waals surface area (Å²) in [6, 6.07) is 11.1. The Morgan fingerprint density at radius 3 is 2.52 bits per heavy atom. The van der Waals surface area contributed by atoms with Crippen molar-refractivity contribution >= 4 is 39.5 Å². The molecule has 31 heavy (non-hydrogen) atoms. The highest BCUT2D eigenvalue weighted by molar-refractivity contribution is 7.80. The van der Waals surface area contributed by atoms with Crippen LogP contribution in [-0.4, -0.2) is 74.3 Å². The van der Waals surface area contributed by atoms with E-state index in [2.05, 4.69) is 83.5 Å². The molecule has 0 unspecified atom stereocenters. The van der Waals surface area contributed by atoms with Crippen LogP contribution in [0.2, 0.25) is 0 Å². The summed E-state index contributed by atoms with van der Waals surface area (Å²) in [7, 11) is 2.16. The highest BCUT2D eigenvalue weighted by atomic mass is 32.1. The van der Waals surface area contributed by atoms with Gasteiger partial charge in [-0.25, -0.2) is 0 Å². The number of hydrogen-bond acceptors (Lipinski definition) is 4.